The van der Waals surface area contributed by atoms with E-state index in [0.717, 1.165) is 6.42 Å². The van der Waals surface area contributed by atoms with Crippen LogP contribution >= 0.6 is 0 Å². The van der Waals surface area contributed by atoms with Gasteiger partial charge in [-0.2, -0.15) is 0 Å². The average Bonchev–Trinajstić information content (AvgIpc) is 3.05. The summed E-state index contributed by atoms with van der Waals surface area (Å²) in [6.07, 6.45) is 13.5. The van der Waals surface area contributed by atoms with Crippen LogP contribution in [0.15, 0.2) is 158 Å². The van der Waals surface area contributed by atoms with Crippen LogP contribution in [0.5, 0.6) is 0 Å². The molecular formula is C41H36. The molecule has 5 aromatic carbocycles. The maximum absolute atomic E-state index is 3.87. The lowest BCUT2D eigenvalue weighted by atomic mass is 9.81. The molecule has 0 aromatic heterocycles. The summed E-state index contributed by atoms with van der Waals surface area (Å²) in [6.45, 7) is 7.87. The largest absolute Gasteiger partial charge is 0.0991 e. The second kappa shape index (κ2) is 13.4. The molecule has 0 unspecified atom stereocenters. The molecule has 0 aliphatic heterocycles. The summed E-state index contributed by atoms with van der Waals surface area (Å²) in [5.74, 6) is 0. The Morgan fingerprint density at radius 3 is 2.10 bits per heavy atom. The number of rotatable bonds is 6. The zero-order chi connectivity index (χ0) is 28.4. The maximum Gasteiger partial charge on any atom is -0.000706 e. The molecule has 0 bridgehead atoms. The Hall–Kier alpha value is -4.94. The lowest BCUT2D eigenvalue weighted by molar-refractivity contribution is 1.22. The molecule has 1 aliphatic rings. The van der Waals surface area contributed by atoms with Crippen molar-refractivity contribution in [2.45, 2.75) is 20.3 Å². The minimum Gasteiger partial charge on any atom is -0.0991 e. The van der Waals surface area contributed by atoms with Crippen LogP contribution in [0, 0.1) is 0 Å². The highest BCUT2D eigenvalue weighted by molar-refractivity contribution is 5.92. The van der Waals surface area contributed by atoms with Crippen LogP contribution in [0.4, 0.5) is 0 Å². The average molecular weight is 529 g/mol. The van der Waals surface area contributed by atoms with Crippen molar-refractivity contribution in [3.63, 3.8) is 0 Å². The van der Waals surface area contributed by atoms with Crippen molar-refractivity contribution >= 4 is 34.1 Å². The number of hydrogen-bond donors (Lipinski definition) is 0. The number of hydrogen-bond acceptors (Lipinski definition) is 0. The van der Waals surface area contributed by atoms with Crippen LogP contribution < -0.4 is 10.4 Å². The van der Waals surface area contributed by atoms with E-state index in [9.17, 15) is 0 Å². The summed E-state index contributed by atoms with van der Waals surface area (Å²) in [6, 6.07) is 43.5. The first kappa shape index (κ1) is 27.6. The standard InChI is InChI=1S/C39H30.C2H6/c1-2-3-5-19-33-28-38(35-20-11-10-17-31(35)24-23-29-14-6-4-7-15-29)36-21-12-13-22-37(36)39(33)34-26-25-30-16-8-9-18-32(30)27-34;1-2/h2-27H,1,28H2;1-2H3/b5-3-,24-23+,33-19+;. The number of fused-ring (bicyclic) bond motifs is 2. The van der Waals surface area contributed by atoms with Gasteiger partial charge in [0.1, 0.15) is 0 Å². The number of allylic oxidation sites excluding steroid dienone is 5. The van der Waals surface area contributed by atoms with Gasteiger partial charge in [-0.25, -0.2) is 0 Å². The first-order valence-corrected chi connectivity index (χ1v) is 14.4. The third-order valence-electron chi connectivity index (χ3n) is 7.33. The third kappa shape index (κ3) is 6.13. The molecule has 0 saturated carbocycles. The molecule has 5 aromatic rings. The Morgan fingerprint density at radius 1 is 0.610 bits per heavy atom. The van der Waals surface area contributed by atoms with Crippen molar-refractivity contribution in [2.24, 2.45) is 0 Å². The predicted molar refractivity (Wildman–Crippen MR) is 180 cm³/mol. The topological polar surface area (TPSA) is 0 Å². The highest BCUT2D eigenvalue weighted by Gasteiger charge is 2.20. The monoisotopic (exact) mass is 528 g/mol. The van der Waals surface area contributed by atoms with E-state index in [-0.39, 0.29) is 0 Å². The van der Waals surface area contributed by atoms with Crippen molar-refractivity contribution in [1.82, 2.24) is 0 Å². The molecule has 0 spiro atoms. The van der Waals surface area contributed by atoms with E-state index < -0.39 is 0 Å². The second-order valence-corrected chi connectivity index (χ2v) is 9.78. The third-order valence-corrected chi connectivity index (χ3v) is 7.33. The normalized spacial score (nSPS) is 13.9. The summed E-state index contributed by atoms with van der Waals surface area (Å²) in [4.78, 5) is 0. The second-order valence-electron chi connectivity index (χ2n) is 9.78. The van der Waals surface area contributed by atoms with Gasteiger partial charge in [0.2, 0.25) is 0 Å². The van der Waals surface area contributed by atoms with Gasteiger partial charge in [-0.1, -0.05) is 172 Å². The van der Waals surface area contributed by atoms with Gasteiger partial charge in [-0.15, -0.1) is 0 Å². The van der Waals surface area contributed by atoms with Gasteiger partial charge < -0.3 is 0 Å². The van der Waals surface area contributed by atoms with Crippen LogP contribution in [-0.4, -0.2) is 0 Å². The van der Waals surface area contributed by atoms with E-state index in [0.29, 0.717) is 0 Å². The molecule has 6 rings (SSSR count). The van der Waals surface area contributed by atoms with Crippen molar-refractivity contribution in [3.05, 3.63) is 190 Å². The van der Waals surface area contributed by atoms with E-state index in [1.54, 1.807) is 0 Å². The minimum absolute atomic E-state index is 0.844. The Bertz CT molecular complexity index is 1880. The van der Waals surface area contributed by atoms with Gasteiger partial charge in [0, 0.05) is 0 Å². The molecule has 200 valence electrons. The summed E-state index contributed by atoms with van der Waals surface area (Å²) >= 11 is 0. The van der Waals surface area contributed by atoms with Crippen LogP contribution in [-0.2, 0) is 0 Å². The summed E-state index contributed by atoms with van der Waals surface area (Å²) in [5, 5.41) is 5.08. The van der Waals surface area contributed by atoms with E-state index >= 15 is 0 Å². The molecule has 0 nitrogen and oxygen atoms in total. The van der Waals surface area contributed by atoms with E-state index in [1.165, 1.54) is 60.2 Å². The van der Waals surface area contributed by atoms with Gasteiger partial charge in [-0.3, -0.25) is 0 Å². The molecule has 1 aliphatic carbocycles. The Morgan fingerprint density at radius 2 is 1.29 bits per heavy atom. The van der Waals surface area contributed by atoms with Gasteiger partial charge in [0.25, 0.3) is 0 Å². The summed E-state index contributed by atoms with van der Waals surface area (Å²) in [5.41, 5.74) is 8.89. The fraction of sp³-hybridized carbons (Fsp3) is 0.0732. The van der Waals surface area contributed by atoms with Crippen LogP contribution in [0.3, 0.4) is 0 Å². The Kier molecular flexibility index (Phi) is 9.04. The Labute approximate surface area is 244 Å². The maximum atomic E-state index is 3.87. The molecule has 0 atom stereocenters. The minimum atomic E-state index is 0.844. The lowest BCUT2D eigenvalue weighted by Gasteiger charge is -2.22. The van der Waals surface area contributed by atoms with Gasteiger partial charge in [-0.05, 0) is 72.7 Å². The molecule has 0 saturated heterocycles. The van der Waals surface area contributed by atoms with Crippen LogP contribution in [0.1, 0.15) is 42.5 Å². The smallest absolute Gasteiger partial charge is 0.000706 e. The molecule has 41 heavy (non-hydrogen) atoms. The summed E-state index contributed by atoms with van der Waals surface area (Å²) < 4.78 is 0. The molecule has 0 heterocycles. The van der Waals surface area contributed by atoms with Crippen LogP contribution in [0.2, 0.25) is 0 Å². The quantitative estimate of drug-likeness (QED) is 0.152. The first-order valence-electron chi connectivity index (χ1n) is 14.4. The molecular weight excluding hydrogens is 492 g/mol. The van der Waals surface area contributed by atoms with Crippen molar-refractivity contribution in [2.75, 3.05) is 0 Å². The lowest BCUT2D eigenvalue weighted by Crippen LogP contribution is -2.33. The van der Waals surface area contributed by atoms with Gasteiger partial charge >= 0.3 is 0 Å². The molecule has 0 radical (unpaired) electrons. The van der Waals surface area contributed by atoms with Crippen molar-refractivity contribution in [3.8, 4) is 0 Å². The zero-order valence-corrected chi connectivity index (χ0v) is 23.9. The fourth-order valence-corrected chi connectivity index (χ4v) is 5.50. The van der Waals surface area contributed by atoms with E-state index in [1.807, 2.05) is 26.0 Å². The van der Waals surface area contributed by atoms with Crippen LogP contribution in [0.25, 0.3) is 34.1 Å². The molecule has 0 heteroatoms. The summed E-state index contributed by atoms with van der Waals surface area (Å²) in [7, 11) is 0. The highest BCUT2D eigenvalue weighted by atomic mass is 14.2. The Balaban J connectivity index is 0.00000165. The van der Waals surface area contributed by atoms with E-state index in [4.69, 9.17) is 0 Å². The number of benzene rings is 5. The highest BCUT2D eigenvalue weighted by Crippen LogP contribution is 2.34. The van der Waals surface area contributed by atoms with E-state index in [2.05, 4.69) is 152 Å². The van der Waals surface area contributed by atoms with Crippen molar-refractivity contribution < 1.29 is 0 Å². The SMILES string of the molecule is C=C/C=C\C=C1/CC(c2ccccc2/C=C/c2ccccc2)=c2ccccc2=C1c1ccc2ccccc2c1.CC. The first-order chi connectivity index (χ1) is 20.3. The fourth-order valence-electron chi connectivity index (χ4n) is 5.50. The molecule has 0 amide bonds. The molecule has 0 fully saturated rings. The van der Waals surface area contributed by atoms with Gasteiger partial charge in [0.05, 0.1) is 0 Å². The predicted octanol–water partition coefficient (Wildman–Crippen LogP) is 9.51. The molecule has 0 N–H and O–H groups in total. The zero-order valence-electron chi connectivity index (χ0n) is 23.9. The van der Waals surface area contributed by atoms with Crippen molar-refractivity contribution in [1.29, 1.82) is 0 Å². The van der Waals surface area contributed by atoms with Gasteiger partial charge in [0.15, 0.2) is 0 Å².